The number of hydrogen-bond acceptors (Lipinski definition) is 4. The van der Waals surface area contributed by atoms with Crippen LogP contribution in [0.25, 0.3) is 0 Å². The lowest BCUT2D eigenvalue weighted by molar-refractivity contribution is -0.169. The van der Waals surface area contributed by atoms with Gasteiger partial charge in [-0.25, -0.2) is 0 Å². The van der Waals surface area contributed by atoms with Gasteiger partial charge in [-0.05, 0) is 19.3 Å². The van der Waals surface area contributed by atoms with E-state index < -0.39 is 0 Å². The highest BCUT2D eigenvalue weighted by Crippen LogP contribution is 2.35. The average molecular weight is 257 g/mol. The van der Waals surface area contributed by atoms with Gasteiger partial charge in [0.25, 0.3) is 0 Å². The Morgan fingerprint density at radius 3 is 2.78 bits per heavy atom. The van der Waals surface area contributed by atoms with Gasteiger partial charge in [-0.3, -0.25) is 0 Å². The molecule has 2 rings (SSSR count). The van der Waals surface area contributed by atoms with Crippen molar-refractivity contribution >= 4 is 0 Å². The molecule has 0 bridgehead atoms. The van der Waals surface area contributed by atoms with Crippen molar-refractivity contribution in [3.05, 3.63) is 0 Å². The molecule has 2 fully saturated rings. The maximum absolute atomic E-state index is 6.01. The summed E-state index contributed by atoms with van der Waals surface area (Å²) >= 11 is 0. The standard InChI is InChI=1S/C14H27NO3/c1-12(2)15-6-10-17-13-3-7-18-14(11-13)4-8-16-9-5-14/h12-13,15H,3-11H2,1-2H3. The molecule has 1 atom stereocenters. The second-order valence-corrected chi connectivity index (χ2v) is 5.74. The van der Waals surface area contributed by atoms with Gasteiger partial charge < -0.3 is 19.5 Å². The number of ether oxygens (including phenoxy) is 3. The number of rotatable bonds is 5. The molecular weight excluding hydrogens is 230 g/mol. The molecule has 18 heavy (non-hydrogen) atoms. The van der Waals surface area contributed by atoms with Crippen LogP contribution in [0.3, 0.4) is 0 Å². The highest BCUT2D eigenvalue weighted by atomic mass is 16.5. The fraction of sp³-hybridized carbons (Fsp3) is 1.00. The summed E-state index contributed by atoms with van der Waals surface area (Å²) < 4.78 is 17.4. The summed E-state index contributed by atoms with van der Waals surface area (Å²) in [5, 5.41) is 3.38. The highest BCUT2D eigenvalue weighted by molar-refractivity contribution is 4.89. The molecule has 0 aromatic rings. The Bertz CT molecular complexity index is 234. The molecule has 1 spiro atoms. The zero-order valence-electron chi connectivity index (χ0n) is 11.7. The van der Waals surface area contributed by atoms with Gasteiger partial charge in [0.05, 0.1) is 18.3 Å². The second-order valence-electron chi connectivity index (χ2n) is 5.74. The van der Waals surface area contributed by atoms with Crippen molar-refractivity contribution < 1.29 is 14.2 Å². The minimum atomic E-state index is 0.0483. The lowest BCUT2D eigenvalue weighted by Crippen LogP contribution is -2.46. The summed E-state index contributed by atoms with van der Waals surface area (Å²) in [6.07, 6.45) is 4.49. The first-order chi connectivity index (χ1) is 8.70. The van der Waals surface area contributed by atoms with Gasteiger partial charge in [0.2, 0.25) is 0 Å². The molecule has 4 nitrogen and oxygen atoms in total. The van der Waals surface area contributed by atoms with E-state index in [1.807, 2.05) is 0 Å². The Hall–Kier alpha value is -0.160. The normalized spacial score (nSPS) is 27.8. The van der Waals surface area contributed by atoms with Crippen LogP contribution in [0.4, 0.5) is 0 Å². The summed E-state index contributed by atoms with van der Waals surface area (Å²) in [7, 11) is 0. The van der Waals surface area contributed by atoms with Crippen LogP contribution in [-0.4, -0.2) is 50.7 Å². The third-order valence-corrected chi connectivity index (χ3v) is 3.86. The van der Waals surface area contributed by atoms with Crippen molar-refractivity contribution in [3.63, 3.8) is 0 Å². The van der Waals surface area contributed by atoms with Gasteiger partial charge in [-0.1, -0.05) is 13.8 Å². The van der Waals surface area contributed by atoms with E-state index >= 15 is 0 Å². The molecule has 0 saturated carbocycles. The van der Waals surface area contributed by atoms with Crippen molar-refractivity contribution in [1.82, 2.24) is 5.32 Å². The van der Waals surface area contributed by atoms with Crippen LogP contribution in [-0.2, 0) is 14.2 Å². The molecule has 0 aromatic heterocycles. The summed E-state index contributed by atoms with van der Waals surface area (Å²) in [6.45, 7) is 8.56. The highest BCUT2D eigenvalue weighted by Gasteiger charge is 2.39. The van der Waals surface area contributed by atoms with Crippen molar-refractivity contribution in [2.24, 2.45) is 0 Å². The summed E-state index contributed by atoms with van der Waals surface area (Å²) in [5.41, 5.74) is 0.0483. The monoisotopic (exact) mass is 257 g/mol. The minimum Gasteiger partial charge on any atom is -0.381 e. The van der Waals surface area contributed by atoms with E-state index in [-0.39, 0.29) is 5.60 Å². The van der Waals surface area contributed by atoms with Gasteiger partial charge in [0.1, 0.15) is 0 Å². The molecule has 0 aliphatic carbocycles. The van der Waals surface area contributed by atoms with Crippen molar-refractivity contribution in [2.45, 2.75) is 57.3 Å². The molecule has 106 valence electrons. The predicted molar refractivity (Wildman–Crippen MR) is 70.8 cm³/mol. The first-order valence-electron chi connectivity index (χ1n) is 7.27. The Morgan fingerprint density at radius 1 is 1.28 bits per heavy atom. The van der Waals surface area contributed by atoms with Crippen LogP contribution < -0.4 is 5.32 Å². The largest absolute Gasteiger partial charge is 0.381 e. The molecule has 1 unspecified atom stereocenters. The Labute approximate surface area is 110 Å². The van der Waals surface area contributed by atoms with E-state index in [1.54, 1.807) is 0 Å². The van der Waals surface area contributed by atoms with Gasteiger partial charge in [0, 0.05) is 38.8 Å². The maximum atomic E-state index is 6.01. The molecule has 2 saturated heterocycles. The molecule has 2 aliphatic heterocycles. The first kappa shape index (κ1) is 14.3. The molecule has 2 heterocycles. The van der Waals surface area contributed by atoms with E-state index in [0.717, 1.165) is 58.7 Å². The molecular formula is C14H27NO3. The first-order valence-corrected chi connectivity index (χ1v) is 7.27. The van der Waals surface area contributed by atoms with Crippen LogP contribution in [0.5, 0.6) is 0 Å². The lowest BCUT2D eigenvalue weighted by atomic mass is 9.85. The number of hydrogen-bond donors (Lipinski definition) is 1. The van der Waals surface area contributed by atoms with Crippen LogP contribution in [0.2, 0.25) is 0 Å². The predicted octanol–water partition coefficient (Wildman–Crippen LogP) is 1.73. The minimum absolute atomic E-state index is 0.0483. The molecule has 0 amide bonds. The van der Waals surface area contributed by atoms with Gasteiger partial charge in [-0.15, -0.1) is 0 Å². The zero-order chi connectivity index (χ0) is 12.8. The Morgan fingerprint density at radius 2 is 2.06 bits per heavy atom. The van der Waals surface area contributed by atoms with Crippen LogP contribution in [0.15, 0.2) is 0 Å². The Balaban J connectivity index is 1.69. The summed E-state index contributed by atoms with van der Waals surface area (Å²) in [4.78, 5) is 0. The third kappa shape index (κ3) is 4.19. The molecule has 0 radical (unpaired) electrons. The molecule has 1 N–H and O–H groups in total. The van der Waals surface area contributed by atoms with Gasteiger partial charge in [0.15, 0.2) is 0 Å². The lowest BCUT2D eigenvalue weighted by Gasteiger charge is -2.43. The van der Waals surface area contributed by atoms with Gasteiger partial charge in [-0.2, -0.15) is 0 Å². The average Bonchev–Trinajstić information content (AvgIpc) is 2.36. The zero-order valence-corrected chi connectivity index (χ0v) is 11.7. The van der Waals surface area contributed by atoms with E-state index in [9.17, 15) is 0 Å². The van der Waals surface area contributed by atoms with Crippen molar-refractivity contribution in [1.29, 1.82) is 0 Å². The number of nitrogens with one attached hydrogen (secondary N) is 1. The van der Waals surface area contributed by atoms with E-state index in [2.05, 4.69) is 19.2 Å². The second kappa shape index (κ2) is 6.85. The van der Waals surface area contributed by atoms with Gasteiger partial charge >= 0.3 is 0 Å². The van der Waals surface area contributed by atoms with Crippen LogP contribution >= 0.6 is 0 Å². The quantitative estimate of drug-likeness (QED) is 0.761. The van der Waals surface area contributed by atoms with E-state index in [0.29, 0.717) is 12.1 Å². The Kier molecular flexibility index (Phi) is 5.42. The summed E-state index contributed by atoms with van der Waals surface area (Å²) in [6, 6.07) is 0.533. The van der Waals surface area contributed by atoms with Crippen LogP contribution in [0.1, 0.15) is 39.5 Å². The van der Waals surface area contributed by atoms with Crippen molar-refractivity contribution in [2.75, 3.05) is 33.0 Å². The SMILES string of the molecule is CC(C)NCCOC1CCOC2(CCOCC2)C1. The fourth-order valence-corrected chi connectivity index (χ4v) is 2.79. The van der Waals surface area contributed by atoms with E-state index in [1.165, 1.54) is 0 Å². The maximum Gasteiger partial charge on any atom is 0.0751 e. The van der Waals surface area contributed by atoms with Crippen molar-refractivity contribution in [3.8, 4) is 0 Å². The molecule has 4 heteroatoms. The fourth-order valence-electron chi connectivity index (χ4n) is 2.79. The smallest absolute Gasteiger partial charge is 0.0751 e. The third-order valence-electron chi connectivity index (χ3n) is 3.86. The molecule has 2 aliphatic rings. The molecule has 0 aromatic carbocycles. The topological polar surface area (TPSA) is 39.7 Å². The van der Waals surface area contributed by atoms with Crippen LogP contribution in [0, 0.1) is 0 Å². The van der Waals surface area contributed by atoms with E-state index in [4.69, 9.17) is 14.2 Å². The summed E-state index contributed by atoms with van der Waals surface area (Å²) in [5.74, 6) is 0.